The van der Waals surface area contributed by atoms with Crippen molar-refractivity contribution in [1.82, 2.24) is 10.3 Å². The zero-order valence-electron chi connectivity index (χ0n) is 12.7. The Morgan fingerprint density at radius 3 is 2.73 bits per heavy atom. The van der Waals surface area contributed by atoms with Crippen LogP contribution in [0.1, 0.15) is 45.4 Å². The molecule has 22 heavy (non-hydrogen) atoms. The van der Waals surface area contributed by atoms with Crippen LogP contribution in [-0.4, -0.2) is 28.0 Å². The lowest BCUT2D eigenvalue weighted by Crippen LogP contribution is -2.42. The van der Waals surface area contributed by atoms with Gasteiger partial charge in [-0.1, -0.05) is 25.7 Å². The van der Waals surface area contributed by atoms with E-state index in [1.807, 2.05) is 0 Å². The lowest BCUT2D eigenvalue weighted by molar-refractivity contribution is -0.390. The van der Waals surface area contributed by atoms with Gasteiger partial charge in [0.15, 0.2) is 6.10 Å². The summed E-state index contributed by atoms with van der Waals surface area (Å²) < 4.78 is 5.43. The van der Waals surface area contributed by atoms with Crippen LogP contribution in [0, 0.1) is 10.1 Å². The van der Waals surface area contributed by atoms with E-state index in [9.17, 15) is 14.9 Å². The molecular weight excluding hydrogens is 286 g/mol. The number of rotatable bonds is 5. The highest BCUT2D eigenvalue weighted by Gasteiger charge is 2.23. The molecule has 0 radical (unpaired) electrons. The molecule has 1 unspecified atom stereocenters. The van der Waals surface area contributed by atoms with Crippen molar-refractivity contribution in [1.29, 1.82) is 0 Å². The summed E-state index contributed by atoms with van der Waals surface area (Å²) >= 11 is 0. The predicted molar refractivity (Wildman–Crippen MR) is 80.6 cm³/mol. The van der Waals surface area contributed by atoms with E-state index in [0.29, 0.717) is 0 Å². The number of ether oxygens (including phenoxy) is 1. The van der Waals surface area contributed by atoms with Crippen molar-refractivity contribution < 1.29 is 14.5 Å². The molecule has 7 heteroatoms. The second-order valence-corrected chi connectivity index (χ2v) is 5.54. The quantitative estimate of drug-likeness (QED) is 0.512. The van der Waals surface area contributed by atoms with Gasteiger partial charge in [-0.15, -0.1) is 0 Å². The van der Waals surface area contributed by atoms with Gasteiger partial charge >= 0.3 is 5.82 Å². The maximum Gasteiger partial charge on any atom is 0.406 e. The number of hydrogen-bond donors (Lipinski definition) is 1. The lowest BCUT2D eigenvalue weighted by Gasteiger charge is -2.20. The van der Waals surface area contributed by atoms with Crippen LogP contribution >= 0.6 is 0 Å². The molecule has 1 fully saturated rings. The van der Waals surface area contributed by atoms with Crippen molar-refractivity contribution in [2.75, 3.05) is 0 Å². The first kappa shape index (κ1) is 16.2. The van der Waals surface area contributed by atoms with Crippen LogP contribution in [0.4, 0.5) is 5.82 Å². The molecule has 120 valence electrons. The molecular formula is C15H21N3O4. The number of carbonyl (C=O) groups excluding carboxylic acids is 1. The third-order valence-electron chi connectivity index (χ3n) is 3.80. The first-order chi connectivity index (χ1) is 10.6. The summed E-state index contributed by atoms with van der Waals surface area (Å²) in [6.45, 7) is 1.59. The zero-order chi connectivity index (χ0) is 15.9. The van der Waals surface area contributed by atoms with Gasteiger partial charge < -0.3 is 20.2 Å². The summed E-state index contributed by atoms with van der Waals surface area (Å²) in [5.41, 5.74) is 0. The van der Waals surface area contributed by atoms with Crippen LogP contribution in [0.5, 0.6) is 5.75 Å². The van der Waals surface area contributed by atoms with Gasteiger partial charge in [-0.05, 0) is 41.8 Å². The van der Waals surface area contributed by atoms with Crippen molar-refractivity contribution in [2.24, 2.45) is 0 Å². The second kappa shape index (κ2) is 7.72. The molecule has 0 aromatic carbocycles. The van der Waals surface area contributed by atoms with Gasteiger partial charge in [0, 0.05) is 6.04 Å². The average Bonchev–Trinajstić information content (AvgIpc) is 2.76. The highest BCUT2D eigenvalue weighted by Crippen LogP contribution is 2.24. The normalized spacial score (nSPS) is 17.3. The number of nitrogens with one attached hydrogen (secondary N) is 1. The smallest absolute Gasteiger partial charge is 0.406 e. The van der Waals surface area contributed by atoms with Gasteiger partial charge in [0.25, 0.3) is 5.91 Å². The highest BCUT2D eigenvalue weighted by atomic mass is 16.6. The standard InChI is InChI=1S/C15H21N3O4/c1-11(15(19)17-12-7-4-2-3-5-8-12)22-13-9-6-10-16-14(13)18(20)21/h6,9-12H,2-5,7-8H2,1H3,(H,17,19). The number of carbonyl (C=O) groups is 1. The van der Waals surface area contributed by atoms with Gasteiger partial charge in [0.1, 0.15) is 6.20 Å². The van der Waals surface area contributed by atoms with Crippen molar-refractivity contribution in [3.63, 3.8) is 0 Å². The Bertz CT molecular complexity index is 527. The van der Waals surface area contributed by atoms with Crippen LogP contribution in [0.25, 0.3) is 0 Å². The Kier molecular flexibility index (Phi) is 5.68. The van der Waals surface area contributed by atoms with E-state index in [0.717, 1.165) is 25.7 Å². The lowest BCUT2D eigenvalue weighted by atomic mass is 10.1. The van der Waals surface area contributed by atoms with E-state index in [-0.39, 0.29) is 23.5 Å². The van der Waals surface area contributed by atoms with E-state index in [4.69, 9.17) is 4.74 Å². The Morgan fingerprint density at radius 2 is 2.09 bits per heavy atom. The zero-order valence-corrected chi connectivity index (χ0v) is 12.7. The SMILES string of the molecule is CC(Oc1cccnc1[N+](=O)[O-])C(=O)NC1CCCCCC1. The van der Waals surface area contributed by atoms with Crippen LogP contribution in [0.15, 0.2) is 18.3 Å². The molecule has 1 aromatic heterocycles. The first-order valence-electron chi connectivity index (χ1n) is 7.64. The molecule has 1 atom stereocenters. The van der Waals surface area contributed by atoms with Gasteiger partial charge in [-0.2, -0.15) is 0 Å². The molecule has 0 aliphatic heterocycles. The van der Waals surface area contributed by atoms with E-state index >= 15 is 0 Å². The maximum atomic E-state index is 12.2. The molecule has 0 saturated heterocycles. The summed E-state index contributed by atoms with van der Waals surface area (Å²) in [4.78, 5) is 26.1. The third-order valence-corrected chi connectivity index (χ3v) is 3.80. The van der Waals surface area contributed by atoms with E-state index < -0.39 is 11.0 Å². The van der Waals surface area contributed by atoms with Crippen LogP contribution < -0.4 is 10.1 Å². The summed E-state index contributed by atoms with van der Waals surface area (Å²) in [5, 5.41) is 13.9. The van der Waals surface area contributed by atoms with Crippen LogP contribution in [0.3, 0.4) is 0 Å². The van der Waals surface area contributed by atoms with Crippen LogP contribution in [-0.2, 0) is 4.79 Å². The second-order valence-electron chi connectivity index (χ2n) is 5.54. The first-order valence-corrected chi connectivity index (χ1v) is 7.64. The third kappa shape index (κ3) is 4.41. The number of pyridine rings is 1. The van der Waals surface area contributed by atoms with E-state index in [2.05, 4.69) is 10.3 Å². The summed E-state index contributed by atoms with van der Waals surface area (Å²) in [6, 6.07) is 3.16. The molecule has 1 N–H and O–H groups in total. The van der Waals surface area contributed by atoms with Gasteiger partial charge in [0.2, 0.25) is 5.75 Å². The topological polar surface area (TPSA) is 94.4 Å². The van der Waals surface area contributed by atoms with Crippen molar-refractivity contribution in [3.05, 3.63) is 28.4 Å². The number of nitrogens with zero attached hydrogens (tertiary/aromatic N) is 2. The van der Waals surface area contributed by atoms with Crippen molar-refractivity contribution in [3.8, 4) is 5.75 Å². The van der Waals surface area contributed by atoms with Gasteiger partial charge in [0.05, 0.1) is 0 Å². The average molecular weight is 307 g/mol. The Morgan fingerprint density at radius 1 is 1.41 bits per heavy atom. The molecule has 1 saturated carbocycles. The minimum absolute atomic E-state index is 0.0102. The summed E-state index contributed by atoms with van der Waals surface area (Å²) in [5.74, 6) is -0.613. The molecule has 1 amide bonds. The van der Waals surface area contributed by atoms with Crippen molar-refractivity contribution >= 4 is 11.7 Å². The number of hydrogen-bond acceptors (Lipinski definition) is 5. The number of nitro groups is 1. The monoisotopic (exact) mass is 307 g/mol. The fourth-order valence-corrected chi connectivity index (χ4v) is 2.60. The molecule has 1 heterocycles. The minimum Gasteiger partial charge on any atom is -0.473 e. The summed E-state index contributed by atoms with van der Waals surface area (Å²) in [6.07, 6.45) is 7.13. The fourth-order valence-electron chi connectivity index (χ4n) is 2.60. The fraction of sp³-hybridized carbons (Fsp3) is 0.600. The maximum absolute atomic E-state index is 12.2. The van der Waals surface area contributed by atoms with Gasteiger partial charge in [-0.3, -0.25) is 4.79 Å². The molecule has 1 aromatic rings. The molecule has 7 nitrogen and oxygen atoms in total. The number of amides is 1. The molecule has 0 bridgehead atoms. The molecule has 2 rings (SSSR count). The predicted octanol–water partition coefficient (Wildman–Crippen LogP) is 2.60. The largest absolute Gasteiger partial charge is 0.473 e. The number of aromatic nitrogens is 1. The van der Waals surface area contributed by atoms with E-state index in [1.54, 1.807) is 6.92 Å². The molecule has 1 aliphatic carbocycles. The van der Waals surface area contributed by atoms with Crippen LogP contribution in [0.2, 0.25) is 0 Å². The van der Waals surface area contributed by atoms with E-state index in [1.165, 1.54) is 31.2 Å². The summed E-state index contributed by atoms with van der Waals surface area (Å²) in [7, 11) is 0. The van der Waals surface area contributed by atoms with Crippen molar-refractivity contribution in [2.45, 2.75) is 57.6 Å². The Labute approximate surface area is 129 Å². The Balaban J connectivity index is 1.95. The Hall–Kier alpha value is -2.18. The highest BCUT2D eigenvalue weighted by molar-refractivity contribution is 5.81. The molecule has 1 aliphatic rings. The van der Waals surface area contributed by atoms with Gasteiger partial charge in [-0.25, -0.2) is 0 Å². The minimum atomic E-state index is -0.800. The molecule has 0 spiro atoms.